The van der Waals surface area contributed by atoms with Gasteiger partial charge in [-0.2, -0.15) is 0 Å². The molecule has 9 heteroatoms. The van der Waals surface area contributed by atoms with Crippen LogP contribution in [0.5, 0.6) is 11.5 Å². The second-order valence-corrected chi connectivity index (χ2v) is 8.67. The fraction of sp³-hybridized carbons (Fsp3) is 0.370. The molecule has 8 nitrogen and oxygen atoms in total. The molecule has 0 spiro atoms. The number of methoxy groups -OCH3 is 1. The molecule has 4 heterocycles. The van der Waals surface area contributed by atoms with Gasteiger partial charge in [0.1, 0.15) is 17.7 Å². The number of hydrogen-bond donors (Lipinski definition) is 2. The lowest BCUT2D eigenvalue weighted by Crippen LogP contribution is -2.56. The number of nitrogens with zero attached hydrogens (tertiary/aromatic N) is 2. The Hall–Kier alpha value is -3.43. The van der Waals surface area contributed by atoms with E-state index in [1.165, 1.54) is 5.56 Å². The molecule has 1 aromatic heterocycles. The molecule has 3 aromatic rings. The Morgan fingerprint density at radius 3 is 2.44 bits per heavy atom. The van der Waals surface area contributed by atoms with Crippen molar-refractivity contribution in [1.29, 1.82) is 0 Å². The molecule has 190 valence electrons. The minimum absolute atomic E-state index is 0.298. The van der Waals surface area contributed by atoms with Crippen molar-refractivity contribution in [2.45, 2.75) is 25.6 Å². The molecule has 0 bridgehead atoms. The van der Waals surface area contributed by atoms with Crippen molar-refractivity contribution >= 4 is 40.7 Å². The van der Waals surface area contributed by atoms with Gasteiger partial charge in [-0.05, 0) is 41.6 Å². The topological polar surface area (TPSA) is 89.6 Å². The second-order valence-electron chi connectivity index (χ2n) is 8.67. The van der Waals surface area contributed by atoms with Crippen LogP contribution >= 0.6 is 12.2 Å². The van der Waals surface area contributed by atoms with Gasteiger partial charge in [0.05, 0.1) is 18.7 Å². The standard InChI is InChI=1S/C14H16N2O.C12H14N2O3.CH2S/c1-9(2)10-3-4-13-11(7-10)12(8-17-13)14-15-5-6-16-14;1-15-12(11-13-6-7-14-11)8-16-9-4-2-3-5-10(9)17-12;1-2/h3-4,7-9H,5-6H2,1-2H3,(H,15,16);2-5H,6-8H2,1H3,(H,13,14);1H2. The quantitative estimate of drug-likeness (QED) is 0.507. The maximum Gasteiger partial charge on any atom is 0.303 e. The fourth-order valence-electron chi connectivity index (χ4n) is 4.17. The first kappa shape index (κ1) is 25.7. The first-order valence-electron chi connectivity index (χ1n) is 11.9. The molecule has 0 aliphatic carbocycles. The highest BCUT2D eigenvalue weighted by atomic mass is 32.1. The van der Waals surface area contributed by atoms with Crippen LogP contribution < -0.4 is 20.1 Å². The van der Waals surface area contributed by atoms with E-state index in [2.05, 4.69) is 64.7 Å². The molecule has 3 aliphatic heterocycles. The van der Waals surface area contributed by atoms with Crippen LogP contribution in [0, 0.1) is 0 Å². The summed E-state index contributed by atoms with van der Waals surface area (Å²) in [7, 11) is 1.60. The number of amidine groups is 2. The molecule has 2 N–H and O–H groups in total. The summed E-state index contributed by atoms with van der Waals surface area (Å²) in [5, 5.41) is 7.62. The average molecular weight is 509 g/mol. The minimum atomic E-state index is -0.940. The van der Waals surface area contributed by atoms with Crippen LogP contribution in [0.3, 0.4) is 0 Å². The summed E-state index contributed by atoms with van der Waals surface area (Å²) in [5.74, 6) is 5.50. The summed E-state index contributed by atoms with van der Waals surface area (Å²) < 4.78 is 22.6. The van der Waals surface area contributed by atoms with Crippen molar-refractivity contribution in [3.8, 4) is 11.5 Å². The predicted octanol–water partition coefficient (Wildman–Crippen LogP) is 4.32. The van der Waals surface area contributed by atoms with E-state index in [0.717, 1.165) is 54.3 Å². The third-order valence-corrected chi connectivity index (χ3v) is 6.10. The van der Waals surface area contributed by atoms with E-state index in [9.17, 15) is 0 Å². The van der Waals surface area contributed by atoms with Crippen LogP contribution in [0.4, 0.5) is 0 Å². The van der Waals surface area contributed by atoms with E-state index < -0.39 is 5.79 Å². The Kier molecular flexibility index (Phi) is 8.22. The normalized spacial score (nSPS) is 19.8. The van der Waals surface area contributed by atoms with Gasteiger partial charge < -0.3 is 29.3 Å². The minimum Gasteiger partial charge on any atom is -0.482 e. The molecule has 3 aliphatic rings. The Bertz CT molecular complexity index is 1260. The number of fused-ring (bicyclic) bond motifs is 2. The van der Waals surface area contributed by atoms with Crippen LogP contribution in [0.1, 0.15) is 30.9 Å². The number of aliphatic imine (C=N–C) groups is 2. The van der Waals surface area contributed by atoms with Gasteiger partial charge in [0.2, 0.25) is 0 Å². The van der Waals surface area contributed by atoms with E-state index in [1.54, 1.807) is 13.4 Å². The third-order valence-electron chi connectivity index (χ3n) is 6.10. The van der Waals surface area contributed by atoms with Gasteiger partial charge >= 0.3 is 5.79 Å². The van der Waals surface area contributed by atoms with E-state index >= 15 is 0 Å². The highest BCUT2D eigenvalue weighted by molar-refractivity contribution is 7.77. The van der Waals surface area contributed by atoms with Crippen LogP contribution in [-0.4, -0.2) is 63.2 Å². The number of hydrogen-bond acceptors (Lipinski definition) is 9. The molecule has 0 saturated carbocycles. The van der Waals surface area contributed by atoms with Gasteiger partial charge in [-0.15, -0.1) is 0 Å². The Balaban J connectivity index is 0.000000158. The number of benzene rings is 2. The van der Waals surface area contributed by atoms with Crippen molar-refractivity contribution in [3.63, 3.8) is 0 Å². The number of furan rings is 1. The molecule has 1 unspecified atom stereocenters. The number of ether oxygens (including phenoxy) is 3. The molecule has 0 amide bonds. The summed E-state index contributed by atoms with van der Waals surface area (Å²) in [6, 6.07) is 13.9. The van der Waals surface area contributed by atoms with Gasteiger partial charge in [0.15, 0.2) is 23.9 Å². The summed E-state index contributed by atoms with van der Waals surface area (Å²) >= 11 is 3.83. The maximum absolute atomic E-state index is 5.91. The molecular weight excluding hydrogens is 476 g/mol. The van der Waals surface area contributed by atoms with Gasteiger partial charge in [0, 0.05) is 25.6 Å². The first-order chi connectivity index (χ1) is 17.6. The Morgan fingerprint density at radius 1 is 1.03 bits per heavy atom. The Morgan fingerprint density at radius 2 is 1.78 bits per heavy atom. The third kappa shape index (κ3) is 5.22. The number of nitrogens with one attached hydrogen (secondary N) is 2. The van der Waals surface area contributed by atoms with Crippen LogP contribution in [0.15, 0.2) is 63.1 Å². The highest BCUT2D eigenvalue weighted by Crippen LogP contribution is 2.35. The van der Waals surface area contributed by atoms with Crippen molar-refractivity contribution in [2.24, 2.45) is 9.98 Å². The lowest BCUT2D eigenvalue weighted by Gasteiger charge is -2.36. The zero-order valence-corrected chi connectivity index (χ0v) is 21.7. The van der Waals surface area contributed by atoms with Gasteiger partial charge in [0.25, 0.3) is 0 Å². The van der Waals surface area contributed by atoms with Crippen molar-refractivity contribution < 1.29 is 18.6 Å². The molecule has 6 rings (SSSR count). The number of thiocarbonyl (C=S) groups is 1. The van der Waals surface area contributed by atoms with Crippen molar-refractivity contribution in [3.05, 3.63) is 59.9 Å². The van der Waals surface area contributed by atoms with Crippen LogP contribution in [0.25, 0.3) is 11.0 Å². The summed E-state index contributed by atoms with van der Waals surface area (Å²) in [6.45, 7) is 8.03. The molecule has 1 atom stereocenters. The zero-order chi connectivity index (χ0) is 25.5. The number of rotatable bonds is 4. The summed E-state index contributed by atoms with van der Waals surface area (Å²) in [6.07, 6.45) is 1.80. The lowest BCUT2D eigenvalue weighted by atomic mass is 10.0. The van der Waals surface area contributed by atoms with E-state index in [4.69, 9.17) is 18.6 Å². The molecule has 0 radical (unpaired) electrons. The van der Waals surface area contributed by atoms with E-state index in [0.29, 0.717) is 24.1 Å². The van der Waals surface area contributed by atoms with Crippen molar-refractivity contribution in [1.82, 2.24) is 10.6 Å². The predicted molar refractivity (Wildman–Crippen MR) is 147 cm³/mol. The van der Waals surface area contributed by atoms with Gasteiger partial charge in [-0.3, -0.25) is 9.98 Å². The molecule has 36 heavy (non-hydrogen) atoms. The monoisotopic (exact) mass is 508 g/mol. The fourth-order valence-corrected chi connectivity index (χ4v) is 4.17. The summed E-state index contributed by atoms with van der Waals surface area (Å²) in [4.78, 5) is 8.80. The van der Waals surface area contributed by atoms with Crippen LogP contribution in [-0.2, 0) is 4.74 Å². The second kappa shape index (κ2) is 11.5. The zero-order valence-electron chi connectivity index (χ0n) is 20.9. The lowest BCUT2D eigenvalue weighted by molar-refractivity contribution is -0.145. The van der Waals surface area contributed by atoms with Gasteiger partial charge in [-0.25, -0.2) is 0 Å². The smallest absolute Gasteiger partial charge is 0.303 e. The van der Waals surface area contributed by atoms with Crippen molar-refractivity contribution in [2.75, 3.05) is 39.9 Å². The first-order valence-corrected chi connectivity index (χ1v) is 12.5. The summed E-state index contributed by atoms with van der Waals surface area (Å²) in [5.41, 5.74) is 3.35. The molecular formula is C27H32N4O4S. The number of para-hydroxylation sites is 2. The Labute approximate surface area is 216 Å². The maximum atomic E-state index is 5.91. The van der Waals surface area contributed by atoms with Gasteiger partial charge in [-0.1, -0.05) is 44.3 Å². The molecule has 0 saturated heterocycles. The van der Waals surface area contributed by atoms with E-state index in [1.807, 2.05) is 30.3 Å². The largest absolute Gasteiger partial charge is 0.482 e. The SMILES string of the molecule is C=S.CC(C)c1ccc2occ(C3=NCCN3)c2c1.COC1(C2=NCCN2)COc2ccccc2O1. The van der Waals surface area contributed by atoms with E-state index in [-0.39, 0.29) is 0 Å². The average Bonchev–Trinajstić information content (AvgIpc) is 3.71. The molecule has 0 fully saturated rings. The molecule has 2 aromatic carbocycles. The highest BCUT2D eigenvalue weighted by Gasteiger charge is 2.44. The van der Waals surface area contributed by atoms with Crippen LogP contribution in [0.2, 0.25) is 0 Å².